The zero-order valence-corrected chi connectivity index (χ0v) is 13.4. The van der Waals surface area contributed by atoms with Crippen LogP contribution in [-0.2, 0) is 0 Å². The molecule has 2 heterocycles. The SMILES string of the molecule is CC(C)N1CCC(Nc2cc(Cl)cc3cccnc23)CC1. The Kier molecular flexibility index (Phi) is 4.32. The van der Waals surface area contributed by atoms with Crippen LogP contribution in [0.25, 0.3) is 10.9 Å². The van der Waals surface area contributed by atoms with Gasteiger partial charge in [0.2, 0.25) is 0 Å². The fourth-order valence-corrected chi connectivity index (χ4v) is 3.27. The van der Waals surface area contributed by atoms with Crippen LogP contribution in [0.5, 0.6) is 0 Å². The van der Waals surface area contributed by atoms with Crippen molar-refractivity contribution >= 4 is 28.2 Å². The Morgan fingerprint density at radius 3 is 2.76 bits per heavy atom. The second-order valence-electron chi connectivity index (χ2n) is 6.08. The molecule has 0 aliphatic carbocycles. The molecule has 0 spiro atoms. The number of nitrogens with zero attached hydrogens (tertiary/aromatic N) is 2. The Labute approximate surface area is 131 Å². The molecule has 2 aromatic rings. The third kappa shape index (κ3) is 3.30. The van der Waals surface area contributed by atoms with E-state index >= 15 is 0 Å². The van der Waals surface area contributed by atoms with Gasteiger partial charge in [-0.2, -0.15) is 0 Å². The minimum absolute atomic E-state index is 0.503. The van der Waals surface area contributed by atoms with Gasteiger partial charge >= 0.3 is 0 Å². The maximum absolute atomic E-state index is 6.23. The highest BCUT2D eigenvalue weighted by molar-refractivity contribution is 6.31. The number of rotatable bonds is 3. The molecule has 3 nitrogen and oxygen atoms in total. The molecule has 112 valence electrons. The summed E-state index contributed by atoms with van der Waals surface area (Å²) in [5, 5.41) is 5.50. The molecule has 1 fully saturated rings. The number of benzene rings is 1. The number of anilines is 1. The minimum Gasteiger partial charge on any atom is -0.380 e. The van der Waals surface area contributed by atoms with Gasteiger partial charge < -0.3 is 10.2 Å². The Balaban J connectivity index is 1.77. The fraction of sp³-hybridized carbons (Fsp3) is 0.471. The Morgan fingerprint density at radius 2 is 2.05 bits per heavy atom. The molecule has 3 rings (SSSR count). The molecule has 0 bridgehead atoms. The summed E-state index contributed by atoms with van der Waals surface area (Å²) in [6, 6.07) is 9.11. The second-order valence-corrected chi connectivity index (χ2v) is 6.51. The number of nitrogens with one attached hydrogen (secondary N) is 1. The number of piperidine rings is 1. The molecule has 1 aliphatic rings. The summed E-state index contributed by atoms with van der Waals surface area (Å²) in [5.74, 6) is 0. The molecule has 4 heteroatoms. The second kappa shape index (κ2) is 6.20. The van der Waals surface area contributed by atoms with Gasteiger partial charge in [-0.1, -0.05) is 17.7 Å². The van der Waals surface area contributed by atoms with E-state index in [2.05, 4.69) is 35.1 Å². The van der Waals surface area contributed by atoms with Crippen LogP contribution in [0.4, 0.5) is 5.69 Å². The number of hydrogen-bond acceptors (Lipinski definition) is 3. The van der Waals surface area contributed by atoms with E-state index in [-0.39, 0.29) is 0 Å². The van der Waals surface area contributed by atoms with Crippen molar-refractivity contribution in [2.75, 3.05) is 18.4 Å². The molecular weight excluding hydrogens is 282 g/mol. The third-order valence-corrected chi connectivity index (χ3v) is 4.51. The molecule has 1 aromatic carbocycles. The van der Waals surface area contributed by atoms with Gasteiger partial charge in [0, 0.05) is 41.8 Å². The maximum Gasteiger partial charge on any atom is 0.0934 e. The van der Waals surface area contributed by atoms with Crippen LogP contribution in [0.15, 0.2) is 30.5 Å². The first kappa shape index (κ1) is 14.6. The Bertz CT molecular complexity index is 618. The highest BCUT2D eigenvalue weighted by atomic mass is 35.5. The van der Waals surface area contributed by atoms with Gasteiger partial charge in [0.15, 0.2) is 0 Å². The van der Waals surface area contributed by atoms with Crippen molar-refractivity contribution in [3.63, 3.8) is 0 Å². The average molecular weight is 304 g/mol. The van der Waals surface area contributed by atoms with Crippen molar-refractivity contribution in [3.05, 3.63) is 35.5 Å². The van der Waals surface area contributed by atoms with Crippen LogP contribution in [0.2, 0.25) is 5.02 Å². The van der Waals surface area contributed by atoms with Crippen LogP contribution in [0.3, 0.4) is 0 Å². The molecule has 0 atom stereocenters. The first-order chi connectivity index (χ1) is 10.1. The van der Waals surface area contributed by atoms with Crippen molar-refractivity contribution in [2.24, 2.45) is 0 Å². The number of hydrogen-bond donors (Lipinski definition) is 1. The van der Waals surface area contributed by atoms with Gasteiger partial charge in [0.25, 0.3) is 0 Å². The first-order valence-electron chi connectivity index (χ1n) is 7.68. The van der Waals surface area contributed by atoms with Crippen molar-refractivity contribution in [3.8, 4) is 0 Å². The summed E-state index contributed by atoms with van der Waals surface area (Å²) < 4.78 is 0. The Hall–Kier alpha value is -1.32. The first-order valence-corrected chi connectivity index (χ1v) is 8.06. The van der Waals surface area contributed by atoms with Gasteiger partial charge in [-0.25, -0.2) is 0 Å². The van der Waals surface area contributed by atoms with E-state index in [1.165, 1.54) is 12.8 Å². The molecule has 0 amide bonds. The summed E-state index contributed by atoms with van der Waals surface area (Å²) in [7, 11) is 0. The van der Waals surface area contributed by atoms with Crippen LogP contribution in [0, 0.1) is 0 Å². The van der Waals surface area contributed by atoms with Crippen molar-refractivity contribution < 1.29 is 0 Å². The highest BCUT2D eigenvalue weighted by Crippen LogP contribution is 2.28. The maximum atomic E-state index is 6.23. The van der Waals surface area contributed by atoms with Gasteiger partial charge in [0.1, 0.15) is 0 Å². The zero-order valence-electron chi connectivity index (χ0n) is 12.6. The van der Waals surface area contributed by atoms with Gasteiger partial charge in [-0.15, -0.1) is 0 Å². The van der Waals surface area contributed by atoms with E-state index in [1.807, 2.05) is 24.4 Å². The molecule has 21 heavy (non-hydrogen) atoms. The predicted octanol–water partition coefficient (Wildman–Crippen LogP) is 4.17. The molecule has 0 saturated carbocycles. The fourth-order valence-electron chi connectivity index (χ4n) is 3.05. The van der Waals surface area contributed by atoms with Crippen LogP contribution >= 0.6 is 11.6 Å². The number of aromatic nitrogens is 1. The lowest BCUT2D eigenvalue weighted by Gasteiger charge is -2.35. The summed E-state index contributed by atoms with van der Waals surface area (Å²) >= 11 is 6.23. The molecular formula is C17H22ClN3. The molecule has 1 aliphatic heterocycles. The van der Waals surface area contributed by atoms with Crippen LogP contribution < -0.4 is 5.32 Å². The average Bonchev–Trinajstić information content (AvgIpc) is 2.47. The number of likely N-dealkylation sites (tertiary alicyclic amines) is 1. The summed E-state index contributed by atoms with van der Waals surface area (Å²) in [6.07, 6.45) is 4.17. The summed E-state index contributed by atoms with van der Waals surface area (Å²) in [6.45, 7) is 6.84. The lowest BCUT2D eigenvalue weighted by Crippen LogP contribution is -2.42. The monoisotopic (exact) mass is 303 g/mol. The van der Waals surface area contributed by atoms with Crippen LogP contribution in [0.1, 0.15) is 26.7 Å². The van der Waals surface area contributed by atoms with Gasteiger partial charge in [-0.05, 0) is 44.9 Å². The van der Waals surface area contributed by atoms with Gasteiger partial charge in [-0.3, -0.25) is 4.98 Å². The standard InChI is InChI=1S/C17H22ClN3/c1-12(2)21-8-5-15(6-9-21)20-16-11-14(18)10-13-4-3-7-19-17(13)16/h3-4,7,10-12,15,20H,5-6,8-9H2,1-2H3. The third-order valence-electron chi connectivity index (χ3n) is 4.29. The molecule has 1 aromatic heterocycles. The largest absolute Gasteiger partial charge is 0.380 e. The molecule has 1 saturated heterocycles. The van der Waals surface area contributed by atoms with E-state index in [0.717, 1.165) is 34.7 Å². The van der Waals surface area contributed by atoms with E-state index in [4.69, 9.17) is 11.6 Å². The summed E-state index contributed by atoms with van der Waals surface area (Å²) in [4.78, 5) is 7.03. The van der Waals surface area contributed by atoms with E-state index < -0.39 is 0 Å². The minimum atomic E-state index is 0.503. The van der Waals surface area contributed by atoms with E-state index in [9.17, 15) is 0 Å². The smallest absolute Gasteiger partial charge is 0.0934 e. The van der Waals surface area contributed by atoms with Crippen molar-refractivity contribution in [1.82, 2.24) is 9.88 Å². The molecule has 0 unspecified atom stereocenters. The number of fused-ring (bicyclic) bond motifs is 1. The quantitative estimate of drug-likeness (QED) is 0.922. The predicted molar refractivity (Wildman–Crippen MR) is 90.1 cm³/mol. The highest BCUT2D eigenvalue weighted by Gasteiger charge is 2.21. The lowest BCUT2D eigenvalue weighted by atomic mass is 10.0. The van der Waals surface area contributed by atoms with Crippen molar-refractivity contribution in [1.29, 1.82) is 0 Å². The van der Waals surface area contributed by atoms with Gasteiger partial charge in [0.05, 0.1) is 11.2 Å². The molecule has 1 N–H and O–H groups in total. The Morgan fingerprint density at radius 1 is 1.29 bits per heavy atom. The van der Waals surface area contributed by atoms with Crippen molar-refractivity contribution in [2.45, 2.75) is 38.8 Å². The number of halogens is 1. The molecule has 0 radical (unpaired) electrons. The topological polar surface area (TPSA) is 28.2 Å². The zero-order chi connectivity index (χ0) is 14.8. The van der Waals surface area contributed by atoms with Crippen LogP contribution in [-0.4, -0.2) is 35.1 Å². The van der Waals surface area contributed by atoms with E-state index in [0.29, 0.717) is 12.1 Å². The van der Waals surface area contributed by atoms with E-state index in [1.54, 1.807) is 0 Å². The number of pyridine rings is 1. The normalized spacial score (nSPS) is 17.5. The lowest BCUT2D eigenvalue weighted by molar-refractivity contribution is 0.177. The summed E-state index contributed by atoms with van der Waals surface area (Å²) in [5.41, 5.74) is 2.06.